The number of carbonyl (C=O) groups is 1. The third kappa shape index (κ3) is 4.76. The van der Waals surface area contributed by atoms with E-state index in [0.717, 1.165) is 11.3 Å². The summed E-state index contributed by atoms with van der Waals surface area (Å²) in [5, 5.41) is 6.12. The second kappa shape index (κ2) is 8.71. The molecule has 0 aliphatic heterocycles. The lowest BCUT2D eigenvalue weighted by Gasteiger charge is -2.13. The highest BCUT2D eigenvalue weighted by Gasteiger charge is 2.09. The van der Waals surface area contributed by atoms with E-state index in [0.29, 0.717) is 29.3 Å². The fourth-order valence-corrected chi connectivity index (χ4v) is 2.57. The highest BCUT2D eigenvalue weighted by Crippen LogP contribution is 2.31. The molecule has 27 heavy (non-hydrogen) atoms. The summed E-state index contributed by atoms with van der Waals surface area (Å²) >= 11 is 0. The number of aromatic nitrogens is 1. The summed E-state index contributed by atoms with van der Waals surface area (Å²) in [4.78, 5) is 16.6. The SMILES string of the molecule is COc1ccc(Nc2cncc(C(=O)NCc3ccccc3)c2)c(OC)c1. The van der Waals surface area contributed by atoms with Crippen LogP contribution in [0.15, 0.2) is 67.0 Å². The van der Waals surface area contributed by atoms with Gasteiger partial charge in [-0.25, -0.2) is 0 Å². The Balaban J connectivity index is 1.71. The van der Waals surface area contributed by atoms with Crippen LogP contribution in [-0.2, 0) is 6.54 Å². The number of methoxy groups -OCH3 is 2. The van der Waals surface area contributed by atoms with Crippen LogP contribution in [0.1, 0.15) is 15.9 Å². The number of nitrogens with one attached hydrogen (secondary N) is 2. The van der Waals surface area contributed by atoms with E-state index in [9.17, 15) is 4.79 Å². The van der Waals surface area contributed by atoms with E-state index < -0.39 is 0 Å². The molecule has 0 fully saturated rings. The maximum Gasteiger partial charge on any atom is 0.253 e. The maximum atomic E-state index is 12.4. The molecule has 1 amide bonds. The molecule has 0 saturated carbocycles. The van der Waals surface area contributed by atoms with Crippen molar-refractivity contribution in [3.63, 3.8) is 0 Å². The van der Waals surface area contributed by atoms with E-state index in [1.807, 2.05) is 42.5 Å². The van der Waals surface area contributed by atoms with E-state index in [-0.39, 0.29) is 5.91 Å². The van der Waals surface area contributed by atoms with Crippen LogP contribution in [0.2, 0.25) is 0 Å². The minimum absolute atomic E-state index is 0.184. The van der Waals surface area contributed by atoms with E-state index in [4.69, 9.17) is 9.47 Å². The summed E-state index contributed by atoms with van der Waals surface area (Å²) in [6.07, 6.45) is 3.19. The van der Waals surface area contributed by atoms with Gasteiger partial charge in [-0.15, -0.1) is 0 Å². The van der Waals surface area contributed by atoms with Crippen molar-refractivity contribution in [2.24, 2.45) is 0 Å². The lowest BCUT2D eigenvalue weighted by molar-refractivity contribution is 0.0950. The maximum absolute atomic E-state index is 12.4. The van der Waals surface area contributed by atoms with Gasteiger partial charge < -0.3 is 20.1 Å². The number of hydrogen-bond acceptors (Lipinski definition) is 5. The molecule has 0 aliphatic carbocycles. The van der Waals surface area contributed by atoms with Crippen LogP contribution in [0.25, 0.3) is 0 Å². The molecular formula is C21H21N3O3. The van der Waals surface area contributed by atoms with E-state index in [1.165, 1.54) is 6.20 Å². The monoisotopic (exact) mass is 363 g/mol. The number of pyridine rings is 1. The van der Waals surface area contributed by atoms with Crippen molar-refractivity contribution >= 4 is 17.3 Å². The Kier molecular flexibility index (Phi) is 5.89. The van der Waals surface area contributed by atoms with Crippen LogP contribution >= 0.6 is 0 Å². The van der Waals surface area contributed by atoms with Crippen molar-refractivity contribution in [2.75, 3.05) is 19.5 Å². The van der Waals surface area contributed by atoms with Crippen LogP contribution in [0, 0.1) is 0 Å². The predicted molar refractivity (Wildman–Crippen MR) is 105 cm³/mol. The average Bonchev–Trinajstić information content (AvgIpc) is 2.73. The molecule has 0 spiro atoms. The zero-order valence-corrected chi connectivity index (χ0v) is 15.2. The van der Waals surface area contributed by atoms with Gasteiger partial charge in [0.1, 0.15) is 11.5 Å². The normalized spacial score (nSPS) is 10.1. The number of hydrogen-bond donors (Lipinski definition) is 2. The molecule has 0 atom stereocenters. The molecule has 0 bridgehead atoms. The molecule has 3 rings (SSSR count). The molecule has 0 aliphatic rings. The highest BCUT2D eigenvalue weighted by molar-refractivity contribution is 5.94. The van der Waals surface area contributed by atoms with Crippen LogP contribution < -0.4 is 20.1 Å². The number of amides is 1. The van der Waals surface area contributed by atoms with E-state index in [1.54, 1.807) is 32.5 Å². The number of ether oxygens (including phenoxy) is 2. The van der Waals surface area contributed by atoms with Crippen LogP contribution in [0.4, 0.5) is 11.4 Å². The summed E-state index contributed by atoms with van der Waals surface area (Å²) in [5.74, 6) is 1.15. The second-order valence-electron chi connectivity index (χ2n) is 5.82. The zero-order valence-electron chi connectivity index (χ0n) is 15.2. The fraction of sp³-hybridized carbons (Fsp3) is 0.143. The number of nitrogens with zero attached hydrogens (tertiary/aromatic N) is 1. The van der Waals surface area contributed by atoms with Crippen molar-refractivity contribution < 1.29 is 14.3 Å². The van der Waals surface area contributed by atoms with Crippen molar-refractivity contribution in [3.8, 4) is 11.5 Å². The molecule has 6 heteroatoms. The largest absolute Gasteiger partial charge is 0.497 e. The van der Waals surface area contributed by atoms with Gasteiger partial charge >= 0.3 is 0 Å². The molecular weight excluding hydrogens is 342 g/mol. The Labute approximate surface area is 158 Å². The van der Waals surface area contributed by atoms with Gasteiger partial charge in [-0.2, -0.15) is 0 Å². The number of rotatable bonds is 7. The van der Waals surface area contributed by atoms with Crippen molar-refractivity contribution in [1.29, 1.82) is 0 Å². The molecule has 3 aromatic rings. The summed E-state index contributed by atoms with van der Waals surface area (Å²) < 4.78 is 10.6. The first kappa shape index (κ1) is 18.3. The molecule has 0 unspecified atom stereocenters. The van der Waals surface area contributed by atoms with E-state index in [2.05, 4.69) is 15.6 Å². The smallest absolute Gasteiger partial charge is 0.253 e. The van der Waals surface area contributed by atoms with Crippen LogP contribution in [0.3, 0.4) is 0 Å². The molecule has 0 saturated heterocycles. The number of anilines is 2. The van der Waals surface area contributed by atoms with Crippen molar-refractivity contribution in [2.45, 2.75) is 6.54 Å². The van der Waals surface area contributed by atoms with Crippen LogP contribution in [-0.4, -0.2) is 25.1 Å². The third-order valence-electron chi connectivity index (χ3n) is 3.98. The van der Waals surface area contributed by atoms with E-state index >= 15 is 0 Å². The summed E-state index contributed by atoms with van der Waals surface area (Å²) in [7, 11) is 3.19. The van der Waals surface area contributed by atoms with Gasteiger partial charge in [0.05, 0.1) is 37.4 Å². The Morgan fingerprint density at radius 2 is 1.81 bits per heavy atom. The topological polar surface area (TPSA) is 72.5 Å². The lowest BCUT2D eigenvalue weighted by Crippen LogP contribution is -2.22. The Morgan fingerprint density at radius 3 is 2.56 bits per heavy atom. The zero-order chi connectivity index (χ0) is 19.1. The first-order chi connectivity index (χ1) is 13.2. The molecule has 1 heterocycles. The number of benzene rings is 2. The van der Waals surface area contributed by atoms with Crippen molar-refractivity contribution in [1.82, 2.24) is 10.3 Å². The first-order valence-corrected chi connectivity index (χ1v) is 8.46. The predicted octanol–water partition coefficient (Wildman–Crippen LogP) is 3.77. The number of carbonyl (C=O) groups excluding carboxylic acids is 1. The van der Waals surface area contributed by atoms with Crippen LogP contribution in [0.5, 0.6) is 11.5 Å². The summed E-state index contributed by atoms with van der Waals surface area (Å²) in [6.45, 7) is 0.462. The lowest BCUT2D eigenvalue weighted by atomic mass is 10.2. The Hall–Kier alpha value is -3.54. The highest BCUT2D eigenvalue weighted by atomic mass is 16.5. The van der Waals surface area contributed by atoms with Gasteiger partial charge in [-0.1, -0.05) is 30.3 Å². The summed E-state index contributed by atoms with van der Waals surface area (Å²) in [6, 6.07) is 17.0. The van der Waals surface area contributed by atoms with Crippen molar-refractivity contribution in [3.05, 3.63) is 78.1 Å². The van der Waals surface area contributed by atoms with Gasteiger partial charge in [0.25, 0.3) is 5.91 Å². The first-order valence-electron chi connectivity index (χ1n) is 8.46. The summed E-state index contributed by atoms with van der Waals surface area (Å²) in [5.41, 5.74) is 2.95. The molecule has 6 nitrogen and oxygen atoms in total. The van der Waals surface area contributed by atoms with Gasteiger partial charge in [0, 0.05) is 18.8 Å². The standard InChI is InChI=1S/C21H21N3O3/c1-26-18-8-9-19(20(11-18)27-2)24-17-10-16(13-22-14-17)21(25)23-12-15-6-4-3-5-7-15/h3-11,13-14,24H,12H2,1-2H3,(H,23,25). The minimum atomic E-state index is -0.184. The Bertz CT molecular complexity index is 914. The van der Waals surface area contributed by atoms with Gasteiger partial charge in [-0.3, -0.25) is 9.78 Å². The molecule has 2 aromatic carbocycles. The third-order valence-corrected chi connectivity index (χ3v) is 3.98. The minimum Gasteiger partial charge on any atom is -0.497 e. The van der Waals surface area contributed by atoms with Gasteiger partial charge in [0.15, 0.2) is 0 Å². The Morgan fingerprint density at radius 1 is 1.00 bits per heavy atom. The quantitative estimate of drug-likeness (QED) is 0.668. The molecule has 1 aromatic heterocycles. The second-order valence-corrected chi connectivity index (χ2v) is 5.82. The average molecular weight is 363 g/mol. The molecule has 2 N–H and O–H groups in total. The van der Waals surface area contributed by atoms with Gasteiger partial charge in [-0.05, 0) is 23.8 Å². The molecule has 0 radical (unpaired) electrons. The fourth-order valence-electron chi connectivity index (χ4n) is 2.57. The molecule has 138 valence electrons. The van der Waals surface area contributed by atoms with Gasteiger partial charge in [0.2, 0.25) is 0 Å².